The second-order valence-electron chi connectivity index (χ2n) is 4.71. The lowest BCUT2D eigenvalue weighted by Crippen LogP contribution is -2.05. The first-order chi connectivity index (χ1) is 9.69. The highest BCUT2D eigenvalue weighted by Crippen LogP contribution is 2.19. The van der Waals surface area contributed by atoms with E-state index in [2.05, 4.69) is 6.07 Å². The van der Waals surface area contributed by atoms with E-state index in [9.17, 15) is 0 Å². The van der Waals surface area contributed by atoms with Crippen LogP contribution in [-0.2, 0) is 6.61 Å². The molecule has 0 aliphatic carbocycles. The summed E-state index contributed by atoms with van der Waals surface area (Å²) >= 11 is 0. The fraction of sp³-hybridized carbons (Fsp3) is 0.235. The fourth-order valence-electron chi connectivity index (χ4n) is 1.78. The normalized spacial score (nSPS) is 10.1. The monoisotopic (exact) mass is 267 g/mol. The third kappa shape index (κ3) is 3.76. The Bertz CT molecular complexity index is 597. The summed E-state index contributed by atoms with van der Waals surface area (Å²) in [5.41, 5.74) is 1.58. The van der Waals surface area contributed by atoms with E-state index in [4.69, 9.17) is 14.7 Å². The van der Waals surface area contributed by atoms with Crippen molar-refractivity contribution in [2.75, 3.05) is 0 Å². The van der Waals surface area contributed by atoms with Gasteiger partial charge in [-0.1, -0.05) is 24.3 Å². The zero-order valence-electron chi connectivity index (χ0n) is 11.7. The van der Waals surface area contributed by atoms with E-state index in [1.54, 1.807) is 12.1 Å². The van der Waals surface area contributed by atoms with Crippen LogP contribution in [0.4, 0.5) is 0 Å². The van der Waals surface area contributed by atoms with Gasteiger partial charge in [-0.15, -0.1) is 0 Å². The average molecular weight is 267 g/mol. The highest BCUT2D eigenvalue weighted by molar-refractivity contribution is 5.42. The van der Waals surface area contributed by atoms with Gasteiger partial charge in [-0.2, -0.15) is 5.26 Å². The Labute approximate surface area is 119 Å². The first-order valence-electron chi connectivity index (χ1n) is 6.56. The first-order valence-corrected chi connectivity index (χ1v) is 6.56. The maximum absolute atomic E-state index is 8.99. The summed E-state index contributed by atoms with van der Waals surface area (Å²) in [5.74, 6) is 1.46. The quantitative estimate of drug-likeness (QED) is 0.824. The Morgan fingerprint density at radius 3 is 2.40 bits per heavy atom. The molecule has 0 saturated carbocycles. The minimum atomic E-state index is 0.166. The molecule has 0 atom stereocenters. The number of hydrogen-bond donors (Lipinski definition) is 0. The van der Waals surface area contributed by atoms with Gasteiger partial charge in [-0.25, -0.2) is 0 Å². The van der Waals surface area contributed by atoms with Crippen molar-refractivity contribution < 1.29 is 9.47 Å². The van der Waals surface area contributed by atoms with Crippen molar-refractivity contribution in [3.63, 3.8) is 0 Å². The van der Waals surface area contributed by atoms with Crippen molar-refractivity contribution in [2.45, 2.75) is 26.6 Å². The van der Waals surface area contributed by atoms with Crippen molar-refractivity contribution >= 4 is 0 Å². The zero-order valence-corrected chi connectivity index (χ0v) is 11.7. The molecule has 0 unspecified atom stereocenters. The molecule has 0 fully saturated rings. The van der Waals surface area contributed by atoms with Gasteiger partial charge >= 0.3 is 0 Å². The molecular formula is C17H17NO2. The molecule has 0 bridgehead atoms. The largest absolute Gasteiger partial charge is 0.491 e. The van der Waals surface area contributed by atoms with Crippen LogP contribution in [0.15, 0.2) is 48.5 Å². The van der Waals surface area contributed by atoms with Crippen LogP contribution in [0.1, 0.15) is 25.0 Å². The Hall–Kier alpha value is -2.47. The Kier molecular flexibility index (Phi) is 4.62. The summed E-state index contributed by atoms with van der Waals surface area (Å²) in [6, 6.07) is 17.1. The lowest BCUT2D eigenvalue weighted by Gasteiger charge is -2.11. The third-order valence-electron chi connectivity index (χ3n) is 2.70. The Morgan fingerprint density at radius 2 is 1.75 bits per heavy atom. The van der Waals surface area contributed by atoms with Crippen LogP contribution < -0.4 is 9.47 Å². The smallest absolute Gasteiger partial charge is 0.137 e. The van der Waals surface area contributed by atoms with Crippen LogP contribution in [0.2, 0.25) is 0 Å². The van der Waals surface area contributed by atoms with Crippen LogP contribution in [0.25, 0.3) is 0 Å². The van der Waals surface area contributed by atoms with Gasteiger partial charge in [0.1, 0.15) is 24.2 Å². The molecule has 0 N–H and O–H groups in total. The molecule has 3 nitrogen and oxygen atoms in total. The van der Waals surface area contributed by atoms with E-state index in [0.717, 1.165) is 11.3 Å². The molecule has 0 aliphatic rings. The van der Waals surface area contributed by atoms with Crippen LogP contribution in [0.3, 0.4) is 0 Å². The molecule has 0 radical (unpaired) electrons. The molecule has 2 rings (SSSR count). The minimum absolute atomic E-state index is 0.166. The van der Waals surface area contributed by atoms with E-state index in [1.165, 1.54) is 0 Å². The highest BCUT2D eigenvalue weighted by atomic mass is 16.5. The number of rotatable bonds is 5. The van der Waals surface area contributed by atoms with E-state index < -0.39 is 0 Å². The van der Waals surface area contributed by atoms with Crippen LogP contribution in [-0.4, -0.2) is 6.10 Å². The zero-order chi connectivity index (χ0) is 14.4. The summed E-state index contributed by atoms with van der Waals surface area (Å²) in [5, 5.41) is 8.99. The van der Waals surface area contributed by atoms with Crippen molar-refractivity contribution in [1.82, 2.24) is 0 Å². The molecule has 0 saturated heterocycles. The summed E-state index contributed by atoms with van der Waals surface area (Å²) in [6.45, 7) is 4.42. The van der Waals surface area contributed by atoms with Crippen LogP contribution in [0, 0.1) is 11.3 Å². The number of para-hydroxylation sites is 1. The lowest BCUT2D eigenvalue weighted by atomic mass is 10.2. The summed E-state index contributed by atoms with van der Waals surface area (Å²) in [7, 11) is 0. The molecule has 0 aliphatic heterocycles. The van der Waals surface area contributed by atoms with E-state index >= 15 is 0 Å². The van der Waals surface area contributed by atoms with Crippen molar-refractivity contribution in [1.29, 1.82) is 5.26 Å². The highest BCUT2D eigenvalue weighted by Gasteiger charge is 2.03. The van der Waals surface area contributed by atoms with E-state index in [1.807, 2.05) is 50.2 Å². The second-order valence-corrected chi connectivity index (χ2v) is 4.71. The predicted octanol–water partition coefficient (Wildman–Crippen LogP) is 3.92. The number of nitrogens with zero attached hydrogens (tertiary/aromatic N) is 1. The van der Waals surface area contributed by atoms with Crippen LogP contribution in [0.5, 0.6) is 11.5 Å². The number of ether oxygens (including phenoxy) is 2. The maximum Gasteiger partial charge on any atom is 0.137 e. The number of nitriles is 1. The Morgan fingerprint density at radius 1 is 1.05 bits per heavy atom. The van der Waals surface area contributed by atoms with Gasteiger partial charge in [0, 0.05) is 0 Å². The summed E-state index contributed by atoms with van der Waals surface area (Å²) in [4.78, 5) is 0. The molecule has 0 spiro atoms. The lowest BCUT2D eigenvalue weighted by molar-refractivity contribution is 0.242. The van der Waals surface area contributed by atoms with Crippen LogP contribution >= 0.6 is 0 Å². The molecule has 2 aromatic carbocycles. The molecule has 0 heterocycles. The predicted molar refractivity (Wildman–Crippen MR) is 77.7 cm³/mol. The Balaban J connectivity index is 1.99. The minimum Gasteiger partial charge on any atom is -0.491 e. The standard InChI is InChI=1S/C17H17NO2/c1-13(2)20-16-9-7-14(8-10-16)12-19-17-6-4-3-5-15(17)11-18/h3-10,13H,12H2,1-2H3. The van der Waals surface area contributed by atoms with Gasteiger partial charge in [0.25, 0.3) is 0 Å². The fourth-order valence-corrected chi connectivity index (χ4v) is 1.78. The molecule has 0 amide bonds. The maximum atomic E-state index is 8.99. The van der Waals surface area contributed by atoms with Crippen molar-refractivity contribution in [2.24, 2.45) is 0 Å². The van der Waals surface area contributed by atoms with Gasteiger partial charge in [0.2, 0.25) is 0 Å². The van der Waals surface area contributed by atoms with Crippen molar-refractivity contribution in [3.05, 3.63) is 59.7 Å². The first kappa shape index (κ1) is 14.0. The number of hydrogen-bond acceptors (Lipinski definition) is 3. The molecule has 0 aromatic heterocycles. The van der Waals surface area contributed by atoms with Gasteiger partial charge in [-0.05, 0) is 43.7 Å². The van der Waals surface area contributed by atoms with E-state index in [-0.39, 0.29) is 6.10 Å². The van der Waals surface area contributed by atoms with Crippen molar-refractivity contribution in [3.8, 4) is 17.6 Å². The second kappa shape index (κ2) is 6.63. The molecule has 2 aromatic rings. The van der Waals surface area contributed by atoms with Gasteiger partial charge in [0.15, 0.2) is 0 Å². The SMILES string of the molecule is CC(C)Oc1ccc(COc2ccccc2C#N)cc1. The molecule has 102 valence electrons. The summed E-state index contributed by atoms with van der Waals surface area (Å²) < 4.78 is 11.3. The average Bonchev–Trinajstić information content (AvgIpc) is 2.46. The molecule has 3 heteroatoms. The van der Waals surface area contributed by atoms with Gasteiger partial charge in [-0.3, -0.25) is 0 Å². The third-order valence-corrected chi connectivity index (χ3v) is 2.70. The summed E-state index contributed by atoms with van der Waals surface area (Å²) in [6.07, 6.45) is 0.166. The van der Waals surface area contributed by atoms with Gasteiger partial charge in [0.05, 0.1) is 11.7 Å². The topological polar surface area (TPSA) is 42.2 Å². The van der Waals surface area contributed by atoms with E-state index in [0.29, 0.717) is 17.9 Å². The van der Waals surface area contributed by atoms with Gasteiger partial charge < -0.3 is 9.47 Å². The molecule has 20 heavy (non-hydrogen) atoms. The number of benzene rings is 2. The molecular weight excluding hydrogens is 250 g/mol.